The molecule has 0 bridgehead atoms. The molecule has 2 aromatic heterocycles. The SMILES string of the molecule is CCc1noc2ncc(S(=O)(=O)N3C[C@@H](CO)[C@H](C)C3)cc12. The highest BCUT2D eigenvalue weighted by molar-refractivity contribution is 7.89. The van der Waals surface area contributed by atoms with Crippen LogP contribution in [0.2, 0.25) is 0 Å². The Bertz CT molecular complexity index is 786. The fourth-order valence-electron chi connectivity index (χ4n) is 2.83. The Morgan fingerprint density at radius 3 is 2.86 bits per heavy atom. The summed E-state index contributed by atoms with van der Waals surface area (Å²) in [5, 5.41) is 13.8. The molecule has 3 heterocycles. The van der Waals surface area contributed by atoms with Gasteiger partial charge in [-0.15, -0.1) is 0 Å². The van der Waals surface area contributed by atoms with E-state index in [1.165, 1.54) is 10.5 Å². The van der Waals surface area contributed by atoms with E-state index in [1.807, 2.05) is 13.8 Å². The highest BCUT2D eigenvalue weighted by atomic mass is 32.2. The van der Waals surface area contributed by atoms with E-state index >= 15 is 0 Å². The Balaban J connectivity index is 1.99. The van der Waals surface area contributed by atoms with Gasteiger partial charge in [0.2, 0.25) is 10.0 Å². The lowest BCUT2D eigenvalue weighted by Gasteiger charge is -2.16. The zero-order valence-electron chi connectivity index (χ0n) is 12.6. The van der Waals surface area contributed by atoms with E-state index in [1.54, 1.807) is 6.07 Å². The maximum Gasteiger partial charge on any atom is 0.258 e. The molecule has 2 atom stereocenters. The third-order valence-corrected chi connectivity index (χ3v) is 6.12. The minimum atomic E-state index is -3.62. The molecule has 22 heavy (non-hydrogen) atoms. The summed E-state index contributed by atoms with van der Waals surface area (Å²) in [5.74, 6) is 0.117. The minimum absolute atomic E-state index is 0.00386. The Morgan fingerprint density at radius 1 is 1.45 bits per heavy atom. The van der Waals surface area contributed by atoms with Crippen molar-refractivity contribution in [3.05, 3.63) is 18.0 Å². The number of sulfonamides is 1. The molecule has 0 unspecified atom stereocenters. The van der Waals surface area contributed by atoms with Gasteiger partial charge in [0, 0.05) is 19.7 Å². The number of aryl methyl sites for hydroxylation is 1. The van der Waals surface area contributed by atoms with Gasteiger partial charge >= 0.3 is 0 Å². The first-order chi connectivity index (χ1) is 10.5. The fraction of sp³-hybridized carbons (Fsp3) is 0.571. The molecule has 0 radical (unpaired) electrons. The highest BCUT2D eigenvalue weighted by Gasteiger charge is 2.37. The summed E-state index contributed by atoms with van der Waals surface area (Å²) < 4.78 is 32.0. The zero-order chi connectivity index (χ0) is 15.9. The van der Waals surface area contributed by atoms with E-state index in [4.69, 9.17) is 4.52 Å². The summed E-state index contributed by atoms with van der Waals surface area (Å²) in [4.78, 5) is 4.20. The quantitative estimate of drug-likeness (QED) is 0.902. The second kappa shape index (κ2) is 5.60. The number of pyridine rings is 1. The lowest BCUT2D eigenvalue weighted by molar-refractivity contribution is 0.210. The molecule has 1 aliphatic heterocycles. The number of rotatable bonds is 4. The lowest BCUT2D eigenvalue weighted by Crippen LogP contribution is -2.29. The summed E-state index contributed by atoms with van der Waals surface area (Å²) in [6.45, 7) is 4.62. The summed E-state index contributed by atoms with van der Waals surface area (Å²) in [7, 11) is -3.62. The van der Waals surface area contributed by atoms with E-state index in [0.717, 1.165) is 0 Å². The van der Waals surface area contributed by atoms with Crippen LogP contribution in [0.3, 0.4) is 0 Å². The van der Waals surface area contributed by atoms with Crippen LogP contribution in [0.15, 0.2) is 21.7 Å². The van der Waals surface area contributed by atoms with E-state index in [-0.39, 0.29) is 23.3 Å². The number of hydrogen-bond acceptors (Lipinski definition) is 6. The largest absolute Gasteiger partial charge is 0.396 e. The van der Waals surface area contributed by atoms with E-state index in [2.05, 4.69) is 10.1 Å². The molecule has 0 saturated carbocycles. The minimum Gasteiger partial charge on any atom is -0.396 e. The van der Waals surface area contributed by atoms with Gasteiger partial charge in [-0.2, -0.15) is 4.31 Å². The normalized spacial score (nSPS) is 23.4. The molecule has 1 saturated heterocycles. The number of aliphatic hydroxyl groups is 1. The Kier molecular flexibility index (Phi) is 3.92. The Hall–Kier alpha value is -1.51. The third kappa shape index (κ3) is 2.41. The number of aliphatic hydroxyl groups excluding tert-OH is 1. The predicted molar refractivity (Wildman–Crippen MR) is 79.7 cm³/mol. The van der Waals surface area contributed by atoms with Gasteiger partial charge in [-0.25, -0.2) is 13.4 Å². The number of aromatic nitrogens is 2. The van der Waals surface area contributed by atoms with Crippen LogP contribution in [0.25, 0.3) is 11.1 Å². The first-order valence-electron chi connectivity index (χ1n) is 7.32. The van der Waals surface area contributed by atoms with Crippen molar-refractivity contribution in [3.8, 4) is 0 Å². The van der Waals surface area contributed by atoms with Crippen molar-refractivity contribution in [1.29, 1.82) is 0 Å². The molecule has 7 nitrogen and oxygen atoms in total. The second-order valence-electron chi connectivity index (χ2n) is 5.75. The van der Waals surface area contributed by atoms with Gasteiger partial charge < -0.3 is 9.63 Å². The molecule has 8 heteroatoms. The predicted octanol–water partition coefficient (Wildman–Crippen LogP) is 1.03. The molecule has 0 aromatic carbocycles. The van der Waals surface area contributed by atoms with Gasteiger partial charge in [-0.05, 0) is 24.3 Å². The molecular formula is C14H19N3O4S. The molecule has 120 valence electrons. The summed E-state index contributed by atoms with van der Waals surface area (Å²) in [6, 6.07) is 1.57. The maximum atomic E-state index is 12.8. The highest BCUT2D eigenvalue weighted by Crippen LogP contribution is 2.29. The van der Waals surface area contributed by atoms with Crippen molar-refractivity contribution in [2.45, 2.75) is 25.2 Å². The van der Waals surface area contributed by atoms with Crippen molar-refractivity contribution < 1.29 is 18.0 Å². The van der Waals surface area contributed by atoms with E-state index in [9.17, 15) is 13.5 Å². The molecule has 3 rings (SSSR count). The van der Waals surface area contributed by atoms with Crippen LogP contribution in [-0.2, 0) is 16.4 Å². The monoisotopic (exact) mass is 325 g/mol. The van der Waals surface area contributed by atoms with E-state index < -0.39 is 10.0 Å². The Morgan fingerprint density at radius 2 is 2.23 bits per heavy atom. The van der Waals surface area contributed by atoms with Gasteiger partial charge in [0.25, 0.3) is 5.71 Å². The van der Waals surface area contributed by atoms with Crippen LogP contribution in [0.1, 0.15) is 19.5 Å². The molecule has 1 N–H and O–H groups in total. The van der Waals surface area contributed by atoms with Crippen LogP contribution < -0.4 is 0 Å². The van der Waals surface area contributed by atoms with Gasteiger partial charge in [0.15, 0.2) is 0 Å². The summed E-state index contributed by atoms with van der Waals surface area (Å²) >= 11 is 0. The molecule has 0 amide bonds. The molecule has 0 aliphatic carbocycles. The van der Waals surface area contributed by atoms with Gasteiger partial charge in [-0.1, -0.05) is 19.0 Å². The van der Waals surface area contributed by atoms with Crippen LogP contribution >= 0.6 is 0 Å². The molecule has 1 aliphatic rings. The molecule has 2 aromatic rings. The van der Waals surface area contributed by atoms with Crippen molar-refractivity contribution in [1.82, 2.24) is 14.4 Å². The first-order valence-corrected chi connectivity index (χ1v) is 8.76. The third-order valence-electron chi connectivity index (χ3n) is 4.32. The standard InChI is InChI=1S/C14H19N3O4S/c1-3-13-12-4-11(5-15-14(12)21-16-13)22(19,20)17-6-9(2)10(7-17)8-18/h4-5,9-10,18H,3,6-8H2,1-2H3/t9-,10+/m1/s1. The molecule has 0 spiro atoms. The van der Waals surface area contributed by atoms with Gasteiger partial charge in [0.05, 0.1) is 17.3 Å². The van der Waals surface area contributed by atoms with Gasteiger partial charge in [0.1, 0.15) is 4.90 Å². The fourth-order valence-corrected chi connectivity index (χ4v) is 4.40. The maximum absolute atomic E-state index is 12.8. The number of fused-ring (bicyclic) bond motifs is 1. The average Bonchev–Trinajstić information content (AvgIpc) is 3.09. The topological polar surface area (TPSA) is 96.5 Å². The van der Waals surface area contributed by atoms with Crippen LogP contribution in [0.4, 0.5) is 0 Å². The van der Waals surface area contributed by atoms with Crippen molar-refractivity contribution in [2.24, 2.45) is 11.8 Å². The molecular weight excluding hydrogens is 306 g/mol. The van der Waals surface area contributed by atoms with Gasteiger partial charge in [-0.3, -0.25) is 0 Å². The van der Waals surface area contributed by atoms with E-state index in [0.29, 0.717) is 36.3 Å². The van der Waals surface area contributed by atoms with Crippen molar-refractivity contribution >= 4 is 21.1 Å². The van der Waals surface area contributed by atoms with Crippen LogP contribution in [0.5, 0.6) is 0 Å². The lowest BCUT2D eigenvalue weighted by atomic mass is 10.00. The second-order valence-corrected chi connectivity index (χ2v) is 7.69. The first kappa shape index (κ1) is 15.4. The Labute approximate surface area is 129 Å². The number of nitrogens with zero attached hydrogens (tertiary/aromatic N) is 3. The average molecular weight is 325 g/mol. The molecule has 1 fully saturated rings. The van der Waals surface area contributed by atoms with Crippen LogP contribution in [-0.4, -0.2) is 47.7 Å². The zero-order valence-corrected chi connectivity index (χ0v) is 13.4. The summed E-state index contributed by atoms with van der Waals surface area (Å²) in [5.41, 5.74) is 1.04. The van der Waals surface area contributed by atoms with Crippen LogP contribution in [0, 0.1) is 11.8 Å². The van der Waals surface area contributed by atoms with Crippen molar-refractivity contribution in [2.75, 3.05) is 19.7 Å². The smallest absolute Gasteiger partial charge is 0.258 e. The summed E-state index contributed by atoms with van der Waals surface area (Å²) in [6.07, 6.45) is 1.95. The van der Waals surface area contributed by atoms with Crippen molar-refractivity contribution in [3.63, 3.8) is 0 Å². The number of hydrogen-bond donors (Lipinski definition) is 1.